The summed E-state index contributed by atoms with van der Waals surface area (Å²) in [5.74, 6) is 0.961. The minimum atomic E-state index is 0.377. The van der Waals surface area contributed by atoms with Crippen molar-refractivity contribution in [3.8, 4) is 5.75 Å². The molecule has 2 nitrogen and oxygen atoms in total. The zero-order valence-corrected chi connectivity index (χ0v) is 12.0. The third kappa shape index (κ3) is 2.98. The molecule has 0 saturated heterocycles. The van der Waals surface area contributed by atoms with Crippen molar-refractivity contribution in [3.05, 3.63) is 28.2 Å². The molecule has 0 amide bonds. The Morgan fingerprint density at radius 1 is 1.31 bits per heavy atom. The van der Waals surface area contributed by atoms with Crippen molar-refractivity contribution in [3.63, 3.8) is 0 Å². The van der Waals surface area contributed by atoms with E-state index in [0.29, 0.717) is 6.04 Å². The van der Waals surface area contributed by atoms with E-state index in [2.05, 4.69) is 47.7 Å². The monoisotopic (exact) mass is 285 g/mol. The van der Waals surface area contributed by atoms with Crippen LogP contribution in [0.2, 0.25) is 0 Å². The first kappa shape index (κ1) is 13.5. The number of halogens is 1. The molecular formula is C13H20BrNO. The summed E-state index contributed by atoms with van der Waals surface area (Å²) in [4.78, 5) is 2.41. The second-order valence-electron chi connectivity index (χ2n) is 3.78. The van der Waals surface area contributed by atoms with Crippen molar-refractivity contribution in [2.75, 3.05) is 20.2 Å². The van der Waals surface area contributed by atoms with Crippen LogP contribution in [-0.2, 0) is 0 Å². The molecule has 0 aliphatic rings. The fourth-order valence-corrected chi connectivity index (χ4v) is 2.38. The van der Waals surface area contributed by atoms with Gasteiger partial charge in [-0.05, 0) is 38.2 Å². The van der Waals surface area contributed by atoms with Crippen LogP contribution in [0.5, 0.6) is 5.75 Å². The Balaban J connectivity index is 3.04. The number of methoxy groups -OCH3 is 1. The molecule has 3 heteroatoms. The third-order valence-electron chi connectivity index (χ3n) is 3.00. The van der Waals surface area contributed by atoms with Gasteiger partial charge >= 0.3 is 0 Å². The van der Waals surface area contributed by atoms with E-state index in [0.717, 1.165) is 23.3 Å². The Kier molecular flexibility index (Phi) is 5.29. The minimum absolute atomic E-state index is 0.377. The van der Waals surface area contributed by atoms with Gasteiger partial charge in [0.05, 0.1) is 7.11 Å². The van der Waals surface area contributed by atoms with Gasteiger partial charge in [0.15, 0.2) is 0 Å². The number of hydrogen-bond donors (Lipinski definition) is 0. The molecule has 1 aromatic carbocycles. The van der Waals surface area contributed by atoms with E-state index in [9.17, 15) is 0 Å². The van der Waals surface area contributed by atoms with Crippen molar-refractivity contribution >= 4 is 15.9 Å². The molecule has 1 unspecified atom stereocenters. The predicted octanol–water partition coefficient (Wildman–Crippen LogP) is 3.86. The zero-order chi connectivity index (χ0) is 12.1. The van der Waals surface area contributed by atoms with Gasteiger partial charge in [-0.2, -0.15) is 0 Å². The van der Waals surface area contributed by atoms with E-state index >= 15 is 0 Å². The van der Waals surface area contributed by atoms with E-state index < -0.39 is 0 Å². The van der Waals surface area contributed by atoms with E-state index in [4.69, 9.17) is 4.74 Å². The Hall–Kier alpha value is -0.540. The normalized spacial score (nSPS) is 12.9. The molecule has 0 aliphatic heterocycles. The van der Waals surface area contributed by atoms with Crippen LogP contribution in [0.4, 0.5) is 0 Å². The molecular weight excluding hydrogens is 266 g/mol. The molecule has 0 heterocycles. The number of ether oxygens (including phenoxy) is 1. The first-order chi connectivity index (χ1) is 7.63. The molecule has 0 saturated carbocycles. The Morgan fingerprint density at radius 3 is 2.44 bits per heavy atom. The summed E-state index contributed by atoms with van der Waals surface area (Å²) in [6.07, 6.45) is 0. The fourth-order valence-electron chi connectivity index (χ4n) is 2.00. The lowest BCUT2D eigenvalue weighted by molar-refractivity contribution is 0.229. The lowest BCUT2D eigenvalue weighted by atomic mass is 10.1. The van der Waals surface area contributed by atoms with Gasteiger partial charge < -0.3 is 4.74 Å². The molecule has 0 bridgehead atoms. The zero-order valence-electron chi connectivity index (χ0n) is 10.5. The van der Waals surface area contributed by atoms with Crippen molar-refractivity contribution in [1.82, 2.24) is 4.90 Å². The maximum absolute atomic E-state index is 5.41. The number of nitrogens with zero attached hydrogens (tertiary/aromatic N) is 1. The number of hydrogen-bond acceptors (Lipinski definition) is 2. The van der Waals surface area contributed by atoms with Crippen LogP contribution in [0.3, 0.4) is 0 Å². The van der Waals surface area contributed by atoms with Crippen LogP contribution >= 0.6 is 15.9 Å². The Morgan fingerprint density at radius 2 is 1.94 bits per heavy atom. The van der Waals surface area contributed by atoms with Crippen molar-refractivity contribution in [1.29, 1.82) is 0 Å². The molecule has 1 aromatic rings. The summed E-state index contributed by atoms with van der Waals surface area (Å²) < 4.78 is 6.51. The van der Waals surface area contributed by atoms with Gasteiger partial charge in [-0.25, -0.2) is 0 Å². The van der Waals surface area contributed by atoms with E-state index in [-0.39, 0.29) is 0 Å². The summed E-state index contributed by atoms with van der Waals surface area (Å²) in [7, 11) is 1.72. The molecule has 0 radical (unpaired) electrons. The van der Waals surface area contributed by atoms with Crippen LogP contribution in [-0.4, -0.2) is 25.1 Å². The first-order valence-corrected chi connectivity index (χ1v) is 6.50. The van der Waals surface area contributed by atoms with Crippen LogP contribution in [0.15, 0.2) is 22.7 Å². The topological polar surface area (TPSA) is 12.5 Å². The standard InChI is InChI=1S/C13H20BrNO/c1-5-15(6-2)10(3)12-9-11(14)7-8-13(12)16-4/h7-10H,5-6H2,1-4H3. The second-order valence-corrected chi connectivity index (χ2v) is 4.70. The van der Waals surface area contributed by atoms with Gasteiger partial charge in [0.1, 0.15) is 5.75 Å². The molecule has 1 atom stereocenters. The molecule has 0 aliphatic carbocycles. The fraction of sp³-hybridized carbons (Fsp3) is 0.538. The maximum Gasteiger partial charge on any atom is 0.123 e. The van der Waals surface area contributed by atoms with Crippen molar-refractivity contribution in [2.24, 2.45) is 0 Å². The number of benzene rings is 1. The summed E-state index contributed by atoms with van der Waals surface area (Å²) in [5, 5.41) is 0. The van der Waals surface area contributed by atoms with Crippen LogP contribution in [0.1, 0.15) is 32.4 Å². The van der Waals surface area contributed by atoms with Gasteiger partial charge in [-0.3, -0.25) is 4.90 Å². The van der Waals surface area contributed by atoms with Gasteiger partial charge in [0.25, 0.3) is 0 Å². The molecule has 0 spiro atoms. The SMILES string of the molecule is CCN(CC)C(C)c1cc(Br)ccc1OC. The third-order valence-corrected chi connectivity index (χ3v) is 3.50. The van der Waals surface area contributed by atoms with E-state index in [1.165, 1.54) is 5.56 Å². The van der Waals surface area contributed by atoms with Gasteiger partial charge in [-0.1, -0.05) is 29.8 Å². The highest BCUT2D eigenvalue weighted by atomic mass is 79.9. The smallest absolute Gasteiger partial charge is 0.123 e. The molecule has 1 rings (SSSR count). The minimum Gasteiger partial charge on any atom is -0.496 e. The van der Waals surface area contributed by atoms with Crippen molar-refractivity contribution < 1.29 is 4.74 Å². The van der Waals surface area contributed by atoms with Crippen LogP contribution in [0.25, 0.3) is 0 Å². The summed E-state index contributed by atoms with van der Waals surface area (Å²) in [5.41, 5.74) is 1.24. The van der Waals surface area contributed by atoms with Crippen LogP contribution < -0.4 is 4.74 Å². The largest absolute Gasteiger partial charge is 0.496 e. The highest BCUT2D eigenvalue weighted by Gasteiger charge is 2.16. The first-order valence-electron chi connectivity index (χ1n) is 5.71. The molecule has 0 aromatic heterocycles. The Bertz CT molecular complexity index is 337. The van der Waals surface area contributed by atoms with Gasteiger partial charge in [0, 0.05) is 16.1 Å². The molecule has 16 heavy (non-hydrogen) atoms. The van der Waals surface area contributed by atoms with Crippen molar-refractivity contribution in [2.45, 2.75) is 26.8 Å². The summed E-state index contributed by atoms with van der Waals surface area (Å²) in [6.45, 7) is 8.69. The van der Waals surface area contributed by atoms with Gasteiger partial charge in [0.2, 0.25) is 0 Å². The average molecular weight is 286 g/mol. The molecule has 0 fully saturated rings. The number of rotatable bonds is 5. The predicted molar refractivity (Wildman–Crippen MR) is 72.0 cm³/mol. The molecule has 90 valence electrons. The summed E-state index contributed by atoms with van der Waals surface area (Å²) >= 11 is 3.51. The highest BCUT2D eigenvalue weighted by Crippen LogP contribution is 2.31. The average Bonchev–Trinajstić information content (AvgIpc) is 2.30. The van der Waals surface area contributed by atoms with E-state index in [1.54, 1.807) is 7.11 Å². The Labute approximate surface area is 107 Å². The maximum atomic E-state index is 5.41. The summed E-state index contributed by atoms with van der Waals surface area (Å²) in [6, 6.07) is 6.54. The molecule has 0 N–H and O–H groups in total. The van der Waals surface area contributed by atoms with E-state index in [1.807, 2.05) is 12.1 Å². The van der Waals surface area contributed by atoms with Gasteiger partial charge in [-0.15, -0.1) is 0 Å². The highest BCUT2D eigenvalue weighted by molar-refractivity contribution is 9.10. The lowest BCUT2D eigenvalue weighted by Gasteiger charge is -2.28. The quantitative estimate of drug-likeness (QED) is 0.815. The van der Waals surface area contributed by atoms with Crippen LogP contribution in [0, 0.1) is 0 Å². The lowest BCUT2D eigenvalue weighted by Crippen LogP contribution is -2.26. The second kappa shape index (κ2) is 6.26.